The molecule has 0 saturated heterocycles. The number of carbonyl (C=O) groups excluding carboxylic acids is 2. The van der Waals surface area contributed by atoms with Crippen molar-refractivity contribution in [3.8, 4) is 0 Å². The topological polar surface area (TPSA) is 84.2 Å². The van der Waals surface area contributed by atoms with Gasteiger partial charge in [0.15, 0.2) is 0 Å². The lowest BCUT2D eigenvalue weighted by atomic mass is 10.1. The number of imide groups is 1. The molecule has 3 amide bonds. The van der Waals surface area contributed by atoms with E-state index in [9.17, 15) is 9.59 Å². The standard InChI is InChI=1S/C12H17N3O2/c13-12(17)15-11(16)9-14-8-4-7-10-5-2-1-3-6-10/h1-3,5-6,14H,4,7-9H2,(H3,13,15,16,17). The van der Waals surface area contributed by atoms with Gasteiger partial charge in [-0.05, 0) is 24.9 Å². The molecule has 1 aromatic rings. The van der Waals surface area contributed by atoms with Crippen LogP contribution in [-0.2, 0) is 11.2 Å². The van der Waals surface area contributed by atoms with E-state index in [-0.39, 0.29) is 6.54 Å². The van der Waals surface area contributed by atoms with E-state index in [0.29, 0.717) is 0 Å². The molecule has 0 aliphatic heterocycles. The maximum atomic E-state index is 11.0. The summed E-state index contributed by atoms with van der Waals surface area (Å²) in [5.41, 5.74) is 6.08. The molecule has 92 valence electrons. The third kappa shape index (κ3) is 6.32. The number of nitrogens with two attached hydrogens (primary N) is 1. The van der Waals surface area contributed by atoms with Crippen molar-refractivity contribution in [1.29, 1.82) is 0 Å². The monoisotopic (exact) mass is 235 g/mol. The molecule has 5 nitrogen and oxygen atoms in total. The number of amides is 3. The molecule has 5 heteroatoms. The van der Waals surface area contributed by atoms with Crippen LogP contribution in [0.5, 0.6) is 0 Å². The van der Waals surface area contributed by atoms with Gasteiger partial charge in [0.2, 0.25) is 5.91 Å². The van der Waals surface area contributed by atoms with Gasteiger partial charge in [-0.25, -0.2) is 4.79 Å². The smallest absolute Gasteiger partial charge is 0.318 e. The Bertz CT molecular complexity index is 365. The second kappa shape index (κ2) is 7.40. The molecule has 17 heavy (non-hydrogen) atoms. The number of hydrogen-bond donors (Lipinski definition) is 3. The fourth-order valence-corrected chi connectivity index (χ4v) is 1.45. The van der Waals surface area contributed by atoms with Crippen LogP contribution in [0.4, 0.5) is 4.79 Å². The minimum atomic E-state index is -0.818. The molecule has 0 unspecified atom stereocenters. The Kier molecular flexibility index (Phi) is 5.74. The first-order chi connectivity index (χ1) is 8.18. The lowest BCUT2D eigenvalue weighted by Crippen LogP contribution is -2.40. The molecule has 0 bridgehead atoms. The van der Waals surface area contributed by atoms with Crippen molar-refractivity contribution >= 4 is 11.9 Å². The van der Waals surface area contributed by atoms with Gasteiger partial charge in [0.1, 0.15) is 0 Å². The van der Waals surface area contributed by atoms with Crippen LogP contribution in [0.1, 0.15) is 12.0 Å². The molecule has 0 saturated carbocycles. The molecule has 1 aromatic carbocycles. The van der Waals surface area contributed by atoms with Gasteiger partial charge in [0.25, 0.3) is 0 Å². The minimum absolute atomic E-state index is 0.109. The van der Waals surface area contributed by atoms with Crippen LogP contribution in [-0.4, -0.2) is 25.0 Å². The maximum absolute atomic E-state index is 11.0. The van der Waals surface area contributed by atoms with Crippen LogP contribution in [0.2, 0.25) is 0 Å². The van der Waals surface area contributed by atoms with Crippen molar-refractivity contribution < 1.29 is 9.59 Å². The Hall–Kier alpha value is -1.88. The molecule has 0 aliphatic rings. The van der Waals surface area contributed by atoms with Gasteiger partial charge >= 0.3 is 6.03 Å². The first kappa shape index (κ1) is 13.2. The van der Waals surface area contributed by atoms with Gasteiger partial charge in [0.05, 0.1) is 6.54 Å². The van der Waals surface area contributed by atoms with Crippen molar-refractivity contribution in [3.05, 3.63) is 35.9 Å². The number of carbonyl (C=O) groups is 2. The first-order valence-corrected chi connectivity index (χ1v) is 5.52. The number of hydrogen-bond acceptors (Lipinski definition) is 3. The number of rotatable bonds is 6. The molecule has 0 atom stereocenters. The van der Waals surface area contributed by atoms with Crippen LogP contribution < -0.4 is 16.4 Å². The third-order valence-electron chi connectivity index (χ3n) is 2.21. The summed E-state index contributed by atoms with van der Waals surface area (Å²) in [6, 6.07) is 9.31. The summed E-state index contributed by atoms with van der Waals surface area (Å²) in [5, 5.41) is 4.93. The Morgan fingerprint density at radius 2 is 1.88 bits per heavy atom. The van der Waals surface area contributed by atoms with E-state index in [1.54, 1.807) is 0 Å². The van der Waals surface area contributed by atoms with Gasteiger partial charge in [-0.15, -0.1) is 0 Å². The highest BCUT2D eigenvalue weighted by atomic mass is 16.2. The Morgan fingerprint density at radius 3 is 2.53 bits per heavy atom. The van der Waals surface area contributed by atoms with E-state index in [2.05, 4.69) is 17.4 Å². The van der Waals surface area contributed by atoms with E-state index in [4.69, 9.17) is 5.73 Å². The molecule has 0 spiro atoms. The van der Waals surface area contributed by atoms with E-state index in [1.807, 2.05) is 23.5 Å². The van der Waals surface area contributed by atoms with Gasteiger partial charge in [-0.2, -0.15) is 0 Å². The zero-order chi connectivity index (χ0) is 12.5. The van der Waals surface area contributed by atoms with Crippen molar-refractivity contribution in [2.75, 3.05) is 13.1 Å². The van der Waals surface area contributed by atoms with Crippen LogP contribution in [0.3, 0.4) is 0 Å². The number of urea groups is 1. The lowest BCUT2D eigenvalue weighted by molar-refractivity contribution is -0.119. The molecular weight excluding hydrogens is 218 g/mol. The maximum Gasteiger partial charge on any atom is 0.318 e. The zero-order valence-electron chi connectivity index (χ0n) is 9.61. The van der Waals surface area contributed by atoms with Crippen molar-refractivity contribution in [2.24, 2.45) is 5.73 Å². The summed E-state index contributed by atoms with van der Waals surface area (Å²) >= 11 is 0. The SMILES string of the molecule is NC(=O)NC(=O)CNCCCc1ccccc1. The summed E-state index contributed by atoms with van der Waals surface area (Å²) in [4.78, 5) is 21.4. The second-order valence-electron chi connectivity index (χ2n) is 3.68. The van der Waals surface area contributed by atoms with Crippen LogP contribution in [0.15, 0.2) is 30.3 Å². The summed E-state index contributed by atoms with van der Waals surface area (Å²) in [6.45, 7) is 0.832. The van der Waals surface area contributed by atoms with Gasteiger partial charge < -0.3 is 11.1 Å². The first-order valence-electron chi connectivity index (χ1n) is 5.52. The lowest BCUT2D eigenvalue weighted by Gasteiger charge is -2.04. The van der Waals surface area contributed by atoms with Crippen molar-refractivity contribution in [2.45, 2.75) is 12.8 Å². The summed E-state index contributed by atoms with van der Waals surface area (Å²) < 4.78 is 0. The van der Waals surface area contributed by atoms with Crippen LogP contribution >= 0.6 is 0 Å². The predicted molar refractivity (Wildman–Crippen MR) is 65.4 cm³/mol. The second-order valence-corrected chi connectivity index (χ2v) is 3.68. The molecule has 0 fully saturated rings. The zero-order valence-corrected chi connectivity index (χ0v) is 9.61. The fraction of sp³-hybridized carbons (Fsp3) is 0.333. The van der Waals surface area contributed by atoms with E-state index < -0.39 is 11.9 Å². The highest BCUT2D eigenvalue weighted by Gasteiger charge is 2.02. The van der Waals surface area contributed by atoms with Gasteiger partial charge in [-0.3, -0.25) is 10.1 Å². The van der Waals surface area contributed by atoms with Gasteiger partial charge in [0, 0.05) is 0 Å². The number of primary amides is 1. The van der Waals surface area contributed by atoms with Crippen LogP contribution in [0.25, 0.3) is 0 Å². The summed E-state index contributed by atoms with van der Waals surface area (Å²) in [7, 11) is 0. The van der Waals surface area contributed by atoms with E-state index >= 15 is 0 Å². The molecule has 0 aromatic heterocycles. The number of aryl methyl sites for hydroxylation is 1. The molecule has 0 heterocycles. The predicted octanol–water partition coefficient (Wildman–Crippen LogP) is 0.404. The van der Waals surface area contributed by atoms with E-state index in [1.165, 1.54) is 5.56 Å². The quantitative estimate of drug-likeness (QED) is 0.624. The highest BCUT2D eigenvalue weighted by Crippen LogP contribution is 2.01. The molecular formula is C12H17N3O2. The van der Waals surface area contributed by atoms with Crippen molar-refractivity contribution in [3.63, 3.8) is 0 Å². The largest absolute Gasteiger partial charge is 0.351 e. The Morgan fingerprint density at radius 1 is 1.18 bits per heavy atom. The van der Waals surface area contributed by atoms with Crippen LogP contribution in [0, 0.1) is 0 Å². The molecule has 1 rings (SSSR count). The Labute approximate surface area is 100 Å². The molecule has 0 aliphatic carbocycles. The summed E-state index contributed by atoms with van der Waals surface area (Å²) in [5.74, 6) is -0.405. The normalized spacial score (nSPS) is 9.88. The average Bonchev–Trinajstić information content (AvgIpc) is 2.29. The van der Waals surface area contributed by atoms with Gasteiger partial charge in [-0.1, -0.05) is 30.3 Å². The summed E-state index contributed by atoms with van der Waals surface area (Å²) in [6.07, 6.45) is 1.90. The minimum Gasteiger partial charge on any atom is -0.351 e. The van der Waals surface area contributed by atoms with E-state index in [0.717, 1.165) is 19.4 Å². The number of benzene rings is 1. The molecule has 0 radical (unpaired) electrons. The number of nitrogens with one attached hydrogen (secondary N) is 2. The average molecular weight is 235 g/mol. The molecule has 4 N–H and O–H groups in total. The third-order valence-corrected chi connectivity index (χ3v) is 2.21. The fourth-order valence-electron chi connectivity index (χ4n) is 1.45. The highest BCUT2D eigenvalue weighted by molar-refractivity contribution is 5.94. The van der Waals surface area contributed by atoms with Crippen molar-refractivity contribution in [1.82, 2.24) is 10.6 Å². The Balaban J connectivity index is 2.05.